The first-order valence-electron chi connectivity index (χ1n) is 7.72. The van der Waals surface area contributed by atoms with Crippen LogP contribution in [0.1, 0.15) is 16.7 Å². The van der Waals surface area contributed by atoms with Crippen molar-refractivity contribution in [1.82, 2.24) is 0 Å². The van der Waals surface area contributed by atoms with Gasteiger partial charge in [-0.15, -0.1) is 0 Å². The Bertz CT molecular complexity index is 920. The first-order chi connectivity index (χ1) is 12.0. The predicted molar refractivity (Wildman–Crippen MR) is 91.1 cm³/mol. The maximum atomic E-state index is 13.6. The van der Waals surface area contributed by atoms with Crippen LogP contribution in [0.2, 0.25) is 0 Å². The summed E-state index contributed by atoms with van der Waals surface area (Å²) in [5.74, 6) is -0.583. The molecule has 0 spiro atoms. The molecule has 0 radical (unpaired) electrons. The summed E-state index contributed by atoms with van der Waals surface area (Å²) in [6.45, 7) is 0. The highest BCUT2D eigenvalue weighted by atomic mass is 19.1. The molecule has 0 fully saturated rings. The van der Waals surface area contributed by atoms with E-state index in [1.165, 1.54) is 36.4 Å². The van der Waals surface area contributed by atoms with Gasteiger partial charge in [0, 0.05) is 11.3 Å². The van der Waals surface area contributed by atoms with Crippen molar-refractivity contribution < 1.29 is 19.4 Å². The number of rotatable bonds is 2. The number of carbonyl (C=O) groups is 1. The Labute approximate surface area is 143 Å². The van der Waals surface area contributed by atoms with Crippen molar-refractivity contribution in [2.24, 2.45) is 0 Å². The van der Waals surface area contributed by atoms with Crippen LogP contribution in [0.15, 0.2) is 66.7 Å². The molecule has 124 valence electrons. The highest BCUT2D eigenvalue weighted by Crippen LogP contribution is 2.48. The Morgan fingerprint density at radius 3 is 1.84 bits per heavy atom. The molecule has 0 bridgehead atoms. The van der Waals surface area contributed by atoms with Crippen LogP contribution in [0, 0.1) is 5.82 Å². The molecule has 0 saturated heterocycles. The summed E-state index contributed by atoms with van der Waals surface area (Å²) in [4.78, 5) is 13.1. The van der Waals surface area contributed by atoms with Crippen LogP contribution in [0.5, 0.6) is 11.5 Å². The van der Waals surface area contributed by atoms with Gasteiger partial charge in [-0.3, -0.25) is 4.79 Å². The minimum Gasteiger partial charge on any atom is -0.508 e. The van der Waals surface area contributed by atoms with Gasteiger partial charge < -0.3 is 15.5 Å². The fourth-order valence-corrected chi connectivity index (χ4v) is 3.45. The van der Waals surface area contributed by atoms with Crippen LogP contribution in [-0.4, -0.2) is 16.1 Å². The third kappa shape index (κ3) is 2.16. The number of hydrogen-bond donors (Lipinski definition) is 3. The number of benzene rings is 3. The Kier molecular flexibility index (Phi) is 3.25. The van der Waals surface area contributed by atoms with Gasteiger partial charge in [-0.05, 0) is 47.5 Å². The Morgan fingerprint density at radius 1 is 0.800 bits per heavy atom. The minimum absolute atomic E-state index is 0.0855. The van der Waals surface area contributed by atoms with Crippen molar-refractivity contribution in [3.05, 3.63) is 89.2 Å². The quantitative estimate of drug-likeness (QED) is 0.671. The van der Waals surface area contributed by atoms with Gasteiger partial charge in [-0.2, -0.15) is 0 Å². The second-order valence-corrected chi connectivity index (χ2v) is 5.99. The van der Waals surface area contributed by atoms with E-state index in [-0.39, 0.29) is 17.4 Å². The lowest BCUT2D eigenvalue weighted by Gasteiger charge is -2.29. The highest BCUT2D eigenvalue weighted by molar-refractivity contribution is 6.11. The first kappa shape index (κ1) is 15.2. The second kappa shape index (κ2) is 5.34. The van der Waals surface area contributed by atoms with Crippen LogP contribution in [0.3, 0.4) is 0 Å². The number of anilines is 1. The first-order valence-corrected chi connectivity index (χ1v) is 7.72. The molecule has 0 aromatic heterocycles. The Morgan fingerprint density at radius 2 is 1.32 bits per heavy atom. The molecule has 0 unspecified atom stereocenters. The lowest BCUT2D eigenvalue weighted by atomic mass is 9.70. The Hall–Kier alpha value is -3.34. The molecule has 1 aliphatic heterocycles. The summed E-state index contributed by atoms with van der Waals surface area (Å²) >= 11 is 0. The van der Waals surface area contributed by atoms with E-state index in [2.05, 4.69) is 5.32 Å². The number of amides is 1. The lowest BCUT2D eigenvalue weighted by molar-refractivity contribution is -0.118. The van der Waals surface area contributed by atoms with Crippen LogP contribution in [-0.2, 0) is 10.2 Å². The van der Waals surface area contributed by atoms with Crippen molar-refractivity contribution in [3.63, 3.8) is 0 Å². The molecule has 4 nitrogen and oxygen atoms in total. The summed E-state index contributed by atoms with van der Waals surface area (Å²) < 4.78 is 13.6. The molecule has 3 aromatic carbocycles. The van der Waals surface area contributed by atoms with Crippen molar-refractivity contribution >= 4 is 11.6 Å². The van der Waals surface area contributed by atoms with Gasteiger partial charge in [0.05, 0.1) is 0 Å². The summed E-state index contributed by atoms with van der Waals surface area (Å²) in [7, 11) is 0. The van der Waals surface area contributed by atoms with Crippen LogP contribution < -0.4 is 5.32 Å². The van der Waals surface area contributed by atoms with E-state index >= 15 is 0 Å². The lowest BCUT2D eigenvalue weighted by Crippen LogP contribution is -2.36. The SMILES string of the molecule is O=C1Nc2cc(F)ccc2C1(c1ccc(O)cc1)c1ccc(O)cc1. The van der Waals surface area contributed by atoms with Gasteiger partial charge in [0.25, 0.3) is 0 Å². The number of phenolic OH excluding ortho intramolecular Hbond substituents is 2. The molecule has 5 heteroatoms. The summed E-state index contributed by atoms with van der Waals surface area (Å²) in [6, 6.07) is 16.9. The number of halogens is 1. The minimum atomic E-state index is -1.19. The molecule has 0 atom stereocenters. The van der Waals surface area contributed by atoms with E-state index in [1.54, 1.807) is 30.3 Å². The number of nitrogens with one attached hydrogen (secondary N) is 1. The zero-order valence-electron chi connectivity index (χ0n) is 13.0. The van der Waals surface area contributed by atoms with E-state index in [4.69, 9.17) is 0 Å². The number of phenols is 2. The summed E-state index contributed by atoms with van der Waals surface area (Å²) in [6.07, 6.45) is 0. The fourth-order valence-electron chi connectivity index (χ4n) is 3.45. The zero-order chi connectivity index (χ0) is 17.6. The summed E-state index contributed by atoms with van der Waals surface area (Å²) in [5.41, 5.74) is 1.11. The van der Waals surface area contributed by atoms with Crippen LogP contribution >= 0.6 is 0 Å². The normalized spacial score (nSPS) is 14.8. The van der Waals surface area contributed by atoms with Crippen molar-refractivity contribution in [2.75, 3.05) is 5.32 Å². The van der Waals surface area contributed by atoms with E-state index in [0.29, 0.717) is 22.4 Å². The second-order valence-electron chi connectivity index (χ2n) is 5.99. The van der Waals surface area contributed by atoms with Crippen molar-refractivity contribution in [2.45, 2.75) is 5.41 Å². The average molecular weight is 335 g/mol. The molecule has 25 heavy (non-hydrogen) atoms. The van der Waals surface area contributed by atoms with Gasteiger partial charge in [0.15, 0.2) is 0 Å². The predicted octanol–water partition coefficient (Wildman–Crippen LogP) is 3.52. The number of carbonyl (C=O) groups excluding carboxylic acids is 1. The average Bonchev–Trinajstić information content (AvgIpc) is 2.88. The molecular formula is C20H14FNO3. The molecule has 1 heterocycles. The number of hydrogen-bond acceptors (Lipinski definition) is 3. The molecule has 3 N–H and O–H groups in total. The molecule has 0 aliphatic carbocycles. The molecule has 0 saturated carbocycles. The van der Waals surface area contributed by atoms with Gasteiger partial charge in [-0.25, -0.2) is 4.39 Å². The molecule has 1 amide bonds. The van der Waals surface area contributed by atoms with E-state index in [0.717, 1.165) is 0 Å². The van der Waals surface area contributed by atoms with Crippen LogP contribution in [0.25, 0.3) is 0 Å². The fraction of sp³-hybridized carbons (Fsp3) is 0.0500. The van der Waals surface area contributed by atoms with Gasteiger partial charge >= 0.3 is 0 Å². The Balaban J connectivity index is 2.05. The molecular weight excluding hydrogens is 321 g/mol. The molecule has 4 rings (SSSR count). The highest BCUT2D eigenvalue weighted by Gasteiger charge is 2.49. The van der Waals surface area contributed by atoms with E-state index < -0.39 is 11.2 Å². The van der Waals surface area contributed by atoms with E-state index in [1.807, 2.05) is 0 Å². The topological polar surface area (TPSA) is 69.6 Å². The van der Waals surface area contributed by atoms with Gasteiger partial charge in [-0.1, -0.05) is 30.3 Å². The van der Waals surface area contributed by atoms with E-state index in [9.17, 15) is 19.4 Å². The third-order valence-electron chi connectivity index (χ3n) is 4.58. The maximum Gasteiger partial charge on any atom is 0.244 e. The smallest absolute Gasteiger partial charge is 0.244 e. The molecule has 1 aliphatic rings. The summed E-state index contributed by atoms with van der Waals surface area (Å²) in [5, 5.41) is 22.0. The third-order valence-corrected chi connectivity index (χ3v) is 4.58. The standard InChI is InChI=1S/C20H14FNO3/c21-14-5-10-17-18(11-14)22-19(25)20(17,12-1-6-15(23)7-2-12)13-3-8-16(24)9-4-13/h1-11,23-24H,(H,22,25). The molecule has 3 aromatic rings. The maximum absolute atomic E-state index is 13.6. The number of fused-ring (bicyclic) bond motifs is 1. The monoisotopic (exact) mass is 335 g/mol. The van der Waals surface area contributed by atoms with Crippen molar-refractivity contribution in [1.29, 1.82) is 0 Å². The van der Waals surface area contributed by atoms with Crippen molar-refractivity contribution in [3.8, 4) is 11.5 Å². The van der Waals surface area contributed by atoms with Gasteiger partial charge in [0.1, 0.15) is 22.7 Å². The largest absolute Gasteiger partial charge is 0.508 e. The van der Waals surface area contributed by atoms with Gasteiger partial charge in [0.2, 0.25) is 5.91 Å². The zero-order valence-corrected chi connectivity index (χ0v) is 13.0. The number of aromatic hydroxyl groups is 2. The van der Waals surface area contributed by atoms with Crippen LogP contribution in [0.4, 0.5) is 10.1 Å².